The van der Waals surface area contributed by atoms with Gasteiger partial charge in [0, 0.05) is 25.6 Å². The predicted octanol–water partition coefficient (Wildman–Crippen LogP) is 4.81. The van der Waals surface area contributed by atoms with Crippen molar-refractivity contribution in [3.63, 3.8) is 0 Å². The largest absolute Gasteiger partial charge is 0.492 e. The summed E-state index contributed by atoms with van der Waals surface area (Å²) in [6, 6.07) is 14.3. The van der Waals surface area contributed by atoms with Gasteiger partial charge in [0.2, 0.25) is 21.8 Å². The second kappa shape index (κ2) is 14.4. The number of benzene rings is 2. The summed E-state index contributed by atoms with van der Waals surface area (Å²) in [6.07, 6.45) is 6.90. The number of amides is 2. The first kappa shape index (κ1) is 30.5. The molecule has 2 amide bonds. The van der Waals surface area contributed by atoms with Crippen LogP contribution in [0.2, 0.25) is 0 Å². The van der Waals surface area contributed by atoms with Crippen LogP contribution in [-0.4, -0.2) is 56.6 Å². The maximum atomic E-state index is 13.6. The number of para-hydroxylation sites is 2. The maximum absolute atomic E-state index is 13.6. The second-order valence-electron chi connectivity index (χ2n) is 10.3. The molecule has 0 saturated heterocycles. The number of nitrogens with one attached hydrogen (secondary N) is 1. The first-order chi connectivity index (χ1) is 18.6. The fourth-order valence-electron chi connectivity index (χ4n) is 5.05. The van der Waals surface area contributed by atoms with Gasteiger partial charge in [-0.1, -0.05) is 55.7 Å². The molecule has 0 bridgehead atoms. The molecule has 214 valence electrons. The number of anilines is 1. The number of nitrogens with zero attached hydrogens (tertiary/aromatic N) is 2. The zero-order valence-corrected chi connectivity index (χ0v) is 24.5. The third-order valence-corrected chi connectivity index (χ3v) is 8.49. The van der Waals surface area contributed by atoms with Gasteiger partial charge in [-0.15, -0.1) is 0 Å². The van der Waals surface area contributed by atoms with E-state index in [1.54, 1.807) is 36.1 Å². The molecule has 1 fully saturated rings. The van der Waals surface area contributed by atoms with Gasteiger partial charge in [0.15, 0.2) is 0 Å². The molecule has 2 aromatic rings. The van der Waals surface area contributed by atoms with Crippen molar-refractivity contribution >= 4 is 27.5 Å². The normalized spacial score (nSPS) is 14.9. The van der Waals surface area contributed by atoms with Crippen molar-refractivity contribution in [3.05, 3.63) is 59.7 Å². The van der Waals surface area contributed by atoms with Crippen LogP contribution in [0.5, 0.6) is 5.75 Å². The van der Waals surface area contributed by atoms with Crippen molar-refractivity contribution in [1.82, 2.24) is 10.2 Å². The Morgan fingerprint density at radius 2 is 1.72 bits per heavy atom. The van der Waals surface area contributed by atoms with Gasteiger partial charge in [-0.05, 0) is 63.3 Å². The fourth-order valence-corrected chi connectivity index (χ4v) is 6.01. The average Bonchev–Trinajstić information content (AvgIpc) is 2.91. The Balaban J connectivity index is 1.75. The van der Waals surface area contributed by atoms with Crippen LogP contribution < -0.4 is 14.4 Å². The Morgan fingerprint density at radius 1 is 1.05 bits per heavy atom. The summed E-state index contributed by atoms with van der Waals surface area (Å²) < 4.78 is 32.3. The number of aryl methyl sites for hydroxylation is 1. The zero-order valence-electron chi connectivity index (χ0n) is 23.7. The number of carbonyl (C=O) groups is 2. The van der Waals surface area contributed by atoms with Crippen LogP contribution in [0.3, 0.4) is 0 Å². The molecule has 2 aromatic carbocycles. The average molecular weight is 558 g/mol. The van der Waals surface area contributed by atoms with Crippen LogP contribution in [-0.2, 0) is 26.2 Å². The lowest BCUT2D eigenvalue weighted by atomic mass is 9.95. The summed E-state index contributed by atoms with van der Waals surface area (Å²) in [5.74, 6) is 0.147. The van der Waals surface area contributed by atoms with Crippen LogP contribution in [0, 0.1) is 6.92 Å². The maximum Gasteiger partial charge on any atom is 0.242 e. The minimum absolute atomic E-state index is 0.107. The summed E-state index contributed by atoms with van der Waals surface area (Å²) in [5, 5.41) is 3.15. The Hall–Kier alpha value is -3.07. The molecular weight excluding hydrogens is 514 g/mol. The summed E-state index contributed by atoms with van der Waals surface area (Å²) in [6.45, 7) is 6.44. The molecule has 3 rings (SSSR count). The van der Waals surface area contributed by atoms with E-state index in [4.69, 9.17) is 4.74 Å². The molecular formula is C30H43N3O5S. The van der Waals surface area contributed by atoms with E-state index in [0.29, 0.717) is 31.0 Å². The van der Waals surface area contributed by atoms with Gasteiger partial charge in [-0.3, -0.25) is 13.9 Å². The summed E-state index contributed by atoms with van der Waals surface area (Å²) in [5.41, 5.74) is 2.48. The van der Waals surface area contributed by atoms with Crippen LogP contribution >= 0.6 is 0 Å². The van der Waals surface area contributed by atoms with Crippen LogP contribution in [0.25, 0.3) is 0 Å². The molecule has 0 aliphatic heterocycles. The lowest BCUT2D eigenvalue weighted by Gasteiger charge is -2.32. The Morgan fingerprint density at radius 3 is 2.38 bits per heavy atom. The van der Waals surface area contributed by atoms with E-state index in [1.165, 1.54) is 10.7 Å². The van der Waals surface area contributed by atoms with E-state index >= 15 is 0 Å². The Bertz CT molecular complexity index is 1210. The van der Waals surface area contributed by atoms with Crippen molar-refractivity contribution in [2.24, 2.45) is 0 Å². The van der Waals surface area contributed by atoms with E-state index in [9.17, 15) is 18.0 Å². The molecule has 0 spiro atoms. The standard InChI is InChI=1S/C30H43N3O5S/c1-5-38-28-19-12-11-18-27(28)33(39(4,36)37)21-13-20-29(34)32(22-25-15-10-9-14-23(25)2)24(3)30(35)31-26-16-7-6-8-17-26/h9-12,14-15,18-19,24,26H,5-8,13,16-17,20-22H2,1-4H3,(H,31,35)/t24-/m0/s1. The SMILES string of the molecule is CCOc1ccccc1N(CCCC(=O)N(Cc1ccccc1C)[C@@H](C)C(=O)NC1CCCCC1)S(C)(=O)=O. The highest BCUT2D eigenvalue weighted by Crippen LogP contribution is 2.30. The zero-order chi connectivity index (χ0) is 28.4. The number of rotatable bonds is 13. The second-order valence-corrected chi connectivity index (χ2v) is 12.2. The van der Waals surface area contributed by atoms with Crippen molar-refractivity contribution < 1.29 is 22.7 Å². The molecule has 1 aliphatic carbocycles. The molecule has 1 saturated carbocycles. The molecule has 8 nitrogen and oxygen atoms in total. The van der Waals surface area contributed by atoms with Gasteiger partial charge in [0.1, 0.15) is 11.8 Å². The number of sulfonamides is 1. The van der Waals surface area contributed by atoms with E-state index in [-0.39, 0.29) is 30.8 Å². The minimum atomic E-state index is -3.61. The number of hydrogen-bond acceptors (Lipinski definition) is 5. The van der Waals surface area contributed by atoms with Gasteiger partial charge in [0.25, 0.3) is 0 Å². The van der Waals surface area contributed by atoms with Gasteiger partial charge in [-0.25, -0.2) is 8.42 Å². The molecule has 0 aromatic heterocycles. The molecule has 0 radical (unpaired) electrons. The Kier molecular flexibility index (Phi) is 11.2. The molecule has 0 unspecified atom stereocenters. The molecule has 0 heterocycles. The molecule has 1 N–H and O–H groups in total. The highest BCUT2D eigenvalue weighted by Gasteiger charge is 2.29. The summed E-state index contributed by atoms with van der Waals surface area (Å²) in [4.78, 5) is 28.4. The van der Waals surface area contributed by atoms with Gasteiger partial charge in [-0.2, -0.15) is 0 Å². The van der Waals surface area contributed by atoms with Crippen molar-refractivity contribution in [2.75, 3.05) is 23.7 Å². The topological polar surface area (TPSA) is 96.0 Å². The number of ether oxygens (including phenoxy) is 1. The smallest absolute Gasteiger partial charge is 0.242 e. The van der Waals surface area contributed by atoms with E-state index in [2.05, 4.69) is 5.32 Å². The number of hydrogen-bond donors (Lipinski definition) is 1. The van der Waals surface area contributed by atoms with Crippen LogP contribution in [0.1, 0.15) is 69.9 Å². The van der Waals surface area contributed by atoms with E-state index in [1.807, 2.05) is 38.1 Å². The Labute approximate surface area is 233 Å². The predicted molar refractivity (Wildman–Crippen MR) is 155 cm³/mol. The summed E-state index contributed by atoms with van der Waals surface area (Å²) >= 11 is 0. The molecule has 9 heteroatoms. The highest BCUT2D eigenvalue weighted by atomic mass is 32.2. The molecule has 39 heavy (non-hydrogen) atoms. The van der Waals surface area contributed by atoms with Gasteiger partial charge in [0.05, 0.1) is 18.6 Å². The molecule has 1 atom stereocenters. The van der Waals surface area contributed by atoms with Crippen molar-refractivity contribution in [3.8, 4) is 5.75 Å². The monoisotopic (exact) mass is 557 g/mol. The van der Waals surface area contributed by atoms with Gasteiger partial charge < -0.3 is 15.0 Å². The lowest BCUT2D eigenvalue weighted by molar-refractivity contribution is -0.141. The van der Waals surface area contributed by atoms with Crippen LogP contribution in [0.15, 0.2) is 48.5 Å². The van der Waals surface area contributed by atoms with Gasteiger partial charge >= 0.3 is 0 Å². The molecule has 1 aliphatic rings. The number of carbonyl (C=O) groups excluding carboxylic acids is 2. The summed E-state index contributed by atoms with van der Waals surface area (Å²) in [7, 11) is -3.61. The minimum Gasteiger partial charge on any atom is -0.492 e. The van der Waals surface area contributed by atoms with Crippen LogP contribution in [0.4, 0.5) is 5.69 Å². The highest BCUT2D eigenvalue weighted by molar-refractivity contribution is 7.92. The fraction of sp³-hybridized carbons (Fsp3) is 0.533. The third-order valence-electron chi connectivity index (χ3n) is 7.31. The lowest BCUT2D eigenvalue weighted by Crippen LogP contribution is -2.50. The van der Waals surface area contributed by atoms with E-state index < -0.39 is 16.1 Å². The first-order valence-corrected chi connectivity index (χ1v) is 15.8. The van der Waals surface area contributed by atoms with Crippen molar-refractivity contribution in [1.29, 1.82) is 0 Å². The van der Waals surface area contributed by atoms with Crippen molar-refractivity contribution in [2.45, 2.75) is 84.3 Å². The quantitative estimate of drug-likeness (QED) is 0.382. The third kappa shape index (κ3) is 8.71. The first-order valence-electron chi connectivity index (χ1n) is 14.0. The van der Waals surface area contributed by atoms with E-state index in [0.717, 1.165) is 43.1 Å².